The summed E-state index contributed by atoms with van der Waals surface area (Å²) >= 11 is 0. The van der Waals surface area contributed by atoms with Gasteiger partial charge in [-0.15, -0.1) is 0 Å². The Labute approximate surface area is 109 Å². The Kier molecular flexibility index (Phi) is 5.39. The summed E-state index contributed by atoms with van der Waals surface area (Å²) in [6.07, 6.45) is 0. The number of aryl methyl sites for hydroxylation is 1. The second-order valence-corrected chi connectivity index (χ2v) is 4.29. The van der Waals surface area contributed by atoms with Gasteiger partial charge in [0, 0.05) is 0 Å². The topological polar surface area (TPSA) is 77.4 Å². The molecule has 0 saturated carbocycles. The Balaban J connectivity index is 0.00000196. The summed E-state index contributed by atoms with van der Waals surface area (Å²) in [6, 6.07) is 3.18. The molecule has 7 heteroatoms. The van der Waals surface area contributed by atoms with Crippen LogP contribution in [-0.2, 0) is 10.1 Å². The number of aliphatic hydroxyl groups is 1. The molecule has 15 heavy (non-hydrogen) atoms. The second kappa shape index (κ2) is 5.38. The molecule has 0 aliphatic carbocycles. The Morgan fingerprint density at radius 3 is 2.40 bits per heavy atom. The predicted molar refractivity (Wildman–Crippen MR) is 45.8 cm³/mol. The van der Waals surface area contributed by atoms with Crippen LogP contribution in [0.2, 0.25) is 0 Å². The maximum absolute atomic E-state index is 12.7. The minimum atomic E-state index is -4.80. The minimum absolute atomic E-state index is 0. The van der Waals surface area contributed by atoms with E-state index in [2.05, 4.69) is 0 Å². The van der Waals surface area contributed by atoms with E-state index in [1.807, 2.05) is 0 Å². The molecule has 1 atom stereocenters. The molecule has 0 fully saturated rings. The first-order chi connectivity index (χ1) is 6.32. The molecule has 0 spiro atoms. The van der Waals surface area contributed by atoms with Gasteiger partial charge in [-0.1, -0.05) is 6.07 Å². The molecule has 0 aliphatic heterocycles. The zero-order chi connectivity index (χ0) is 10.9. The Bertz CT molecular complexity index is 446. The van der Waals surface area contributed by atoms with E-state index in [0.717, 1.165) is 18.2 Å². The van der Waals surface area contributed by atoms with Crippen LogP contribution in [-0.4, -0.2) is 18.1 Å². The van der Waals surface area contributed by atoms with Crippen LogP contribution in [0.1, 0.15) is 16.6 Å². The van der Waals surface area contributed by atoms with Crippen molar-refractivity contribution in [2.75, 3.05) is 0 Å². The third kappa shape index (κ3) is 3.82. The normalized spacial score (nSPS) is 13.1. The number of hydrogen-bond acceptors (Lipinski definition) is 4. The quantitative estimate of drug-likeness (QED) is 0.466. The molecule has 0 bridgehead atoms. The summed E-state index contributed by atoms with van der Waals surface area (Å²) in [6.45, 7) is 1.41. The van der Waals surface area contributed by atoms with Gasteiger partial charge < -0.3 is 9.66 Å². The molecule has 1 aromatic carbocycles. The van der Waals surface area contributed by atoms with E-state index in [1.54, 1.807) is 0 Å². The van der Waals surface area contributed by atoms with Gasteiger partial charge in [-0.3, -0.25) is 0 Å². The van der Waals surface area contributed by atoms with Crippen molar-refractivity contribution in [2.45, 2.75) is 12.4 Å². The molecule has 4 nitrogen and oxygen atoms in total. The molecule has 0 amide bonds. The van der Waals surface area contributed by atoms with Crippen LogP contribution >= 0.6 is 0 Å². The van der Waals surface area contributed by atoms with E-state index in [-0.39, 0.29) is 40.7 Å². The van der Waals surface area contributed by atoms with E-state index in [0.29, 0.717) is 0 Å². The van der Waals surface area contributed by atoms with Crippen molar-refractivity contribution in [1.29, 1.82) is 0 Å². The maximum Gasteiger partial charge on any atom is 1.00 e. The van der Waals surface area contributed by atoms with E-state index in [9.17, 15) is 17.4 Å². The first-order valence-electron chi connectivity index (χ1n) is 3.71. The van der Waals surface area contributed by atoms with Crippen molar-refractivity contribution < 1.29 is 52.0 Å². The average molecular weight is 242 g/mol. The fourth-order valence-electron chi connectivity index (χ4n) is 0.988. The molecule has 0 radical (unpaired) electrons. The Morgan fingerprint density at radius 2 is 2.00 bits per heavy atom. The largest absolute Gasteiger partial charge is 1.00 e. The monoisotopic (exact) mass is 242 g/mol. The summed E-state index contributed by atoms with van der Waals surface area (Å²) in [5.41, 5.74) is -2.09. The SMILES string of the molecule is Cc1cc(C(O)S(=O)(=O)[O-])ccc1F.[Na+]. The van der Waals surface area contributed by atoms with Crippen LogP contribution in [0.15, 0.2) is 18.2 Å². The maximum atomic E-state index is 12.7. The molecule has 1 N–H and O–H groups in total. The van der Waals surface area contributed by atoms with Gasteiger partial charge in [-0.05, 0) is 30.2 Å². The first kappa shape index (κ1) is 15.0. The average Bonchev–Trinajstić information content (AvgIpc) is 2.07. The molecule has 1 rings (SSSR count). The second-order valence-electron chi connectivity index (χ2n) is 2.85. The number of aliphatic hydroxyl groups excluding tert-OH is 1. The van der Waals surface area contributed by atoms with Crippen molar-refractivity contribution in [3.8, 4) is 0 Å². The third-order valence-corrected chi connectivity index (χ3v) is 2.56. The number of benzene rings is 1. The van der Waals surface area contributed by atoms with Crippen LogP contribution in [0.4, 0.5) is 4.39 Å². The van der Waals surface area contributed by atoms with E-state index >= 15 is 0 Å². The van der Waals surface area contributed by atoms with Crippen LogP contribution in [0.25, 0.3) is 0 Å². The molecule has 0 aliphatic rings. The van der Waals surface area contributed by atoms with Crippen molar-refractivity contribution >= 4 is 10.1 Å². The smallest absolute Gasteiger partial charge is 0.746 e. The van der Waals surface area contributed by atoms with Crippen molar-refractivity contribution in [3.05, 3.63) is 35.1 Å². The molecule has 0 aromatic heterocycles. The zero-order valence-electron chi connectivity index (χ0n) is 8.27. The molecular weight excluding hydrogens is 234 g/mol. The summed E-state index contributed by atoms with van der Waals surface area (Å²) in [4.78, 5) is 0. The fourth-order valence-corrected chi connectivity index (χ4v) is 1.47. The van der Waals surface area contributed by atoms with Crippen LogP contribution in [0.5, 0.6) is 0 Å². The van der Waals surface area contributed by atoms with Gasteiger partial charge in [0.25, 0.3) is 0 Å². The summed E-state index contributed by atoms with van der Waals surface area (Å²) < 4.78 is 44.0. The molecule has 1 unspecified atom stereocenters. The van der Waals surface area contributed by atoms with Crippen LogP contribution in [0.3, 0.4) is 0 Å². The standard InChI is InChI=1S/C8H9FO4S.Na/c1-5-4-6(2-3-7(5)9)8(10)14(11,12)13;/h2-4,8,10H,1H3,(H,11,12,13);/q;+1/p-1. The summed E-state index contributed by atoms with van der Waals surface area (Å²) in [5, 5.41) is 9.05. The van der Waals surface area contributed by atoms with Gasteiger partial charge in [-0.25, -0.2) is 12.8 Å². The molecule has 1 aromatic rings. The molecule has 78 valence electrons. The number of hydrogen-bond donors (Lipinski definition) is 1. The van der Waals surface area contributed by atoms with Crippen molar-refractivity contribution in [3.63, 3.8) is 0 Å². The summed E-state index contributed by atoms with van der Waals surface area (Å²) in [7, 11) is -4.80. The fraction of sp³-hybridized carbons (Fsp3) is 0.250. The van der Waals surface area contributed by atoms with Gasteiger partial charge in [-0.2, -0.15) is 0 Å². The van der Waals surface area contributed by atoms with Crippen molar-refractivity contribution in [2.24, 2.45) is 0 Å². The van der Waals surface area contributed by atoms with Gasteiger partial charge in [0.05, 0.1) is 0 Å². The Hall–Kier alpha value is 0.0200. The van der Waals surface area contributed by atoms with Gasteiger partial charge >= 0.3 is 29.6 Å². The van der Waals surface area contributed by atoms with E-state index in [4.69, 9.17) is 5.11 Å². The zero-order valence-corrected chi connectivity index (χ0v) is 11.1. The Morgan fingerprint density at radius 1 is 1.47 bits per heavy atom. The number of halogens is 1. The summed E-state index contributed by atoms with van der Waals surface area (Å²) in [5.74, 6) is -0.524. The predicted octanol–water partition coefficient (Wildman–Crippen LogP) is -2.33. The first-order valence-corrected chi connectivity index (χ1v) is 5.18. The van der Waals surface area contributed by atoms with Gasteiger partial charge in [0.1, 0.15) is 15.9 Å². The molecule has 0 saturated heterocycles. The molecule has 0 heterocycles. The van der Waals surface area contributed by atoms with Crippen LogP contribution < -0.4 is 29.6 Å². The van der Waals surface area contributed by atoms with Gasteiger partial charge in [0.15, 0.2) is 5.44 Å². The third-order valence-electron chi connectivity index (χ3n) is 1.74. The molecular formula is C8H8FNaO4S. The minimum Gasteiger partial charge on any atom is -0.746 e. The number of rotatable bonds is 2. The van der Waals surface area contributed by atoms with Crippen LogP contribution in [0, 0.1) is 12.7 Å². The van der Waals surface area contributed by atoms with Crippen molar-refractivity contribution in [1.82, 2.24) is 0 Å². The van der Waals surface area contributed by atoms with Gasteiger partial charge in [0.2, 0.25) is 0 Å². The van der Waals surface area contributed by atoms with E-state index < -0.39 is 21.4 Å². The van der Waals surface area contributed by atoms with E-state index in [1.165, 1.54) is 6.92 Å².